The Morgan fingerprint density at radius 2 is 2.33 bits per heavy atom. The van der Waals surface area contributed by atoms with Crippen LogP contribution in [0.4, 0.5) is 0 Å². The number of hydrogen-bond donors (Lipinski definition) is 0. The van der Waals surface area contributed by atoms with E-state index in [0.717, 1.165) is 35.9 Å². The first-order valence-corrected chi connectivity index (χ1v) is 5.17. The molecule has 0 bridgehead atoms. The minimum atomic E-state index is 0.924. The van der Waals surface area contributed by atoms with Crippen LogP contribution in [0.3, 0.4) is 0 Å². The molecule has 2 heteroatoms. The van der Waals surface area contributed by atoms with Gasteiger partial charge >= 0.3 is 0 Å². The van der Waals surface area contributed by atoms with Crippen molar-refractivity contribution in [2.75, 3.05) is 0 Å². The number of fused-ring (bicyclic) bond motifs is 1. The molecule has 0 amide bonds. The normalized spacial score (nSPS) is 11.5. The van der Waals surface area contributed by atoms with Gasteiger partial charge in [0.1, 0.15) is 5.58 Å². The van der Waals surface area contributed by atoms with Gasteiger partial charge in [-0.05, 0) is 38.3 Å². The van der Waals surface area contributed by atoms with Crippen LogP contribution >= 0.6 is 0 Å². The number of unbranched alkanes of at least 4 members (excludes halogenated alkanes) is 1. The zero-order valence-corrected chi connectivity index (χ0v) is 8.65. The average molecular weight is 200 g/mol. The Hall–Kier alpha value is -1.57. The number of nitrogens with zero attached hydrogens (tertiary/aromatic N) is 1. The molecule has 0 spiro atoms. The Balaban J connectivity index is 2.10. The second-order valence-electron chi connectivity index (χ2n) is 3.45. The Kier molecular flexibility index (Phi) is 3.18. The highest BCUT2D eigenvalue weighted by molar-refractivity contribution is 5.79. The summed E-state index contributed by atoms with van der Waals surface area (Å²) < 4.78 is 5.32. The summed E-state index contributed by atoms with van der Waals surface area (Å²) in [5, 5.41) is 1.14. The summed E-state index contributed by atoms with van der Waals surface area (Å²) in [6.45, 7) is 3.66. The van der Waals surface area contributed by atoms with Crippen molar-refractivity contribution in [3.8, 4) is 0 Å². The van der Waals surface area contributed by atoms with Gasteiger partial charge < -0.3 is 4.42 Å². The van der Waals surface area contributed by atoms with Crippen LogP contribution in [0.25, 0.3) is 11.0 Å². The number of pyridine rings is 1. The maximum Gasteiger partial charge on any atom is 0.137 e. The van der Waals surface area contributed by atoms with Crippen LogP contribution in [0.15, 0.2) is 41.2 Å². The van der Waals surface area contributed by atoms with Gasteiger partial charge in [-0.3, -0.25) is 4.98 Å². The first kappa shape index (κ1) is 9.97. The monoisotopic (exact) mass is 200 g/mol. The fourth-order valence-electron chi connectivity index (χ4n) is 1.66. The Labute approximate surface area is 89.6 Å². The summed E-state index contributed by atoms with van der Waals surface area (Å²) in [6.07, 6.45) is 10.6. The maximum absolute atomic E-state index is 5.32. The molecule has 0 fully saturated rings. The highest BCUT2D eigenvalue weighted by Gasteiger charge is 2.03. The zero-order valence-electron chi connectivity index (χ0n) is 8.65. The molecule has 0 aliphatic rings. The second kappa shape index (κ2) is 4.78. The van der Waals surface area contributed by atoms with Gasteiger partial charge in [0.05, 0.1) is 12.0 Å². The lowest BCUT2D eigenvalue weighted by atomic mass is 10.1. The summed E-state index contributed by atoms with van der Waals surface area (Å²) in [4.78, 5) is 4.38. The molecule has 2 heterocycles. The van der Waals surface area contributed by atoms with E-state index in [1.165, 1.54) is 0 Å². The molecule has 1 radical (unpaired) electrons. The van der Waals surface area contributed by atoms with Gasteiger partial charge in [0.15, 0.2) is 0 Å². The third kappa shape index (κ3) is 2.27. The number of allylic oxidation sites excluding steroid dienone is 2. The smallest absolute Gasteiger partial charge is 0.137 e. The summed E-state index contributed by atoms with van der Waals surface area (Å²) >= 11 is 0. The quantitative estimate of drug-likeness (QED) is 0.705. The number of aryl methyl sites for hydroxylation is 1. The molecule has 0 saturated carbocycles. The molecule has 2 nitrogen and oxygen atoms in total. The minimum absolute atomic E-state index is 0.924. The molecule has 0 aliphatic carbocycles. The Bertz CT molecular complexity index is 456. The molecule has 2 aromatic rings. The fraction of sp³-hybridized carbons (Fsp3) is 0.231. The lowest BCUT2D eigenvalue weighted by Crippen LogP contribution is -1.89. The molecular formula is C13H14NO. The van der Waals surface area contributed by atoms with Crippen LogP contribution in [-0.2, 0) is 6.42 Å². The van der Waals surface area contributed by atoms with Crippen LogP contribution in [0.5, 0.6) is 0 Å². The van der Waals surface area contributed by atoms with Gasteiger partial charge in [-0.1, -0.05) is 12.2 Å². The van der Waals surface area contributed by atoms with Crippen molar-refractivity contribution in [3.05, 3.63) is 49.4 Å². The molecule has 2 aromatic heterocycles. The SMILES string of the molecule is [CH2]C=CCCCc1nccc2occc12. The van der Waals surface area contributed by atoms with Crippen LogP contribution in [-0.4, -0.2) is 4.98 Å². The van der Waals surface area contributed by atoms with Crippen LogP contribution < -0.4 is 0 Å². The Morgan fingerprint density at radius 1 is 1.40 bits per heavy atom. The van der Waals surface area contributed by atoms with Gasteiger partial charge in [-0.15, -0.1) is 0 Å². The maximum atomic E-state index is 5.32. The van der Waals surface area contributed by atoms with Crippen molar-refractivity contribution in [1.29, 1.82) is 0 Å². The van der Waals surface area contributed by atoms with Crippen molar-refractivity contribution < 1.29 is 4.42 Å². The van der Waals surface area contributed by atoms with E-state index in [1.807, 2.05) is 18.2 Å². The largest absolute Gasteiger partial charge is 0.464 e. The molecule has 0 atom stereocenters. The van der Waals surface area contributed by atoms with Crippen LogP contribution in [0, 0.1) is 6.92 Å². The standard InChI is InChI=1S/C13H14NO/c1-2-3-4-5-6-12-11-8-10-15-13(11)7-9-14-12/h2-3,7-10H,1,4-6H2. The summed E-state index contributed by atoms with van der Waals surface area (Å²) in [5.74, 6) is 0. The third-order valence-electron chi connectivity index (χ3n) is 2.41. The molecule has 0 N–H and O–H groups in total. The lowest BCUT2D eigenvalue weighted by Gasteiger charge is -1.99. The predicted molar refractivity (Wildman–Crippen MR) is 61.4 cm³/mol. The van der Waals surface area contributed by atoms with Crippen molar-refractivity contribution in [3.63, 3.8) is 0 Å². The van der Waals surface area contributed by atoms with Gasteiger partial charge in [-0.25, -0.2) is 0 Å². The molecule has 15 heavy (non-hydrogen) atoms. The van der Waals surface area contributed by atoms with E-state index in [9.17, 15) is 0 Å². The average Bonchev–Trinajstić information content (AvgIpc) is 2.73. The van der Waals surface area contributed by atoms with Crippen molar-refractivity contribution in [2.24, 2.45) is 0 Å². The first-order chi connectivity index (χ1) is 7.42. The van der Waals surface area contributed by atoms with E-state index in [-0.39, 0.29) is 0 Å². The van der Waals surface area contributed by atoms with Gasteiger partial charge in [0.2, 0.25) is 0 Å². The van der Waals surface area contributed by atoms with Gasteiger partial charge in [0.25, 0.3) is 0 Å². The molecular weight excluding hydrogens is 186 g/mol. The lowest BCUT2D eigenvalue weighted by molar-refractivity contribution is 0.615. The zero-order chi connectivity index (χ0) is 10.5. The van der Waals surface area contributed by atoms with Crippen molar-refractivity contribution in [1.82, 2.24) is 4.98 Å². The van der Waals surface area contributed by atoms with E-state index in [1.54, 1.807) is 12.5 Å². The molecule has 77 valence electrons. The molecule has 0 saturated heterocycles. The van der Waals surface area contributed by atoms with Crippen LogP contribution in [0.1, 0.15) is 18.5 Å². The molecule has 0 unspecified atom stereocenters. The second-order valence-corrected chi connectivity index (χ2v) is 3.45. The highest BCUT2D eigenvalue weighted by atomic mass is 16.3. The van der Waals surface area contributed by atoms with E-state index < -0.39 is 0 Å². The minimum Gasteiger partial charge on any atom is -0.464 e. The number of hydrogen-bond acceptors (Lipinski definition) is 2. The third-order valence-corrected chi connectivity index (χ3v) is 2.41. The van der Waals surface area contributed by atoms with Gasteiger partial charge in [-0.2, -0.15) is 0 Å². The van der Waals surface area contributed by atoms with E-state index >= 15 is 0 Å². The van der Waals surface area contributed by atoms with Crippen molar-refractivity contribution >= 4 is 11.0 Å². The van der Waals surface area contributed by atoms with Crippen LogP contribution in [0.2, 0.25) is 0 Å². The summed E-state index contributed by atoms with van der Waals surface area (Å²) in [5.41, 5.74) is 2.05. The summed E-state index contributed by atoms with van der Waals surface area (Å²) in [7, 11) is 0. The summed E-state index contributed by atoms with van der Waals surface area (Å²) in [6, 6.07) is 3.88. The molecule has 2 rings (SSSR count). The topological polar surface area (TPSA) is 26.0 Å². The predicted octanol–water partition coefficient (Wildman–Crippen LogP) is 3.54. The molecule has 0 aromatic carbocycles. The number of furan rings is 1. The number of rotatable bonds is 4. The number of aromatic nitrogens is 1. The first-order valence-electron chi connectivity index (χ1n) is 5.17. The Morgan fingerprint density at radius 3 is 3.20 bits per heavy atom. The molecule has 0 aliphatic heterocycles. The van der Waals surface area contributed by atoms with E-state index in [0.29, 0.717) is 0 Å². The van der Waals surface area contributed by atoms with E-state index in [4.69, 9.17) is 4.42 Å². The van der Waals surface area contributed by atoms with Gasteiger partial charge in [0, 0.05) is 11.6 Å². The van der Waals surface area contributed by atoms with Crippen molar-refractivity contribution in [2.45, 2.75) is 19.3 Å². The fourth-order valence-corrected chi connectivity index (χ4v) is 1.66. The highest BCUT2D eigenvalue weighted by Crippen LogP contribution is 2.19. The van der Waals surface area contributed by atoms with E-state index in [2.05, 4.69) is 18.0 Å².